The molecule has 3 nitrogen and oxygen atoms in total. The quantitative estimate of drug-likeness (QED) is 0.803. The van der Waals surface area contributed by atoms with Crippen LogP contribution in [0.4, 0.5) is 5.82 Å². The van der Waals surface area contributed by atoms with Crippen molar-refractivity contribution in [3.05, 3.63) is 36.5 Å². The third-order valence-electron chi connectivity index (χ3n) is 2.24. The molecular weight excluding hydrogens is 188 g/mol. The van der Waals surface area contributed by atoms with E-state index in [-0.39, 0.29) is 0 Å². The average Bonchev–Trinajstić information content (AvgIpc) is 2.62. The van der Waals surface area contributed by atoms with E-state index in [1.807, 2.05) is 37.3 Å². The van der Waals surface area contributed by atoms with Crippen molar-refractivity contribution in [1.29, 1.82) is 0 Å². The maximum absolute atomic E-state index is 5.87. The van der Waals surface area contributed by atoms with E-state index in [4.69, 9.17) is 10.5 Å². The maximum atomic E-state index is 5.87. The first-order valence-corrected chi connectivity index (χ1v) is 4.98. The lowest BCUT2D eigenvalue weighted by Gasteiger charge is -2.05. The van der Waals surface area contributed by atoms with Crippen molar-refractivity contribution in [2.24, 2.45) is 0 Å². The highest BCUT2D eigenvalue weighted by Crippen LogP contribution is 2.34. The second kappa shape index (κ2) is 4.09. The smallest absolute Gasteiger partial charge is 0.146 e. The van der Waals surface area contributed by atoms with Crippen LogP contribution in [0.25, 0.3) is 11.1 Å². The summed E-state index contributed by atoms with van der Waals surface area (Å²) in [5.74, 6) is 1.45. The summed E-state index contributed by atoms with van der Waals surface area (Å²) < 4.78 is 5.50. The standard InChI is InChI=1S/C12H14N2O/c1-2-15-10-8-14-12(13)11(10)9-6-4-3-5-7-9/h3-8,14H,2,13H2,1H3. The number of anilines is 1. The van der Waals surface area contributed by atoms with Gasteiger partial charge in [0.1, 0.15) is 11.6 Å². The predicted molar refractivity (Wildman–Crippen MR) is 61.8 cm³/mol. The Morgan fingerprint density at radius 3 is 2.67 bits per heavy atom. The van der Waals surface area contributed by atoms with Gasteiger partial charge in [0.05, 0.1) is 12.2 Å². The van der Waals surface area contributed by atoms with Crippen LogP contribution in [-0.2, 0) is 0 Å². The molecule has 3 N–H and O–H groups in total. The lowest BCUT2D eigenvalue weighted by Crippen LogP contribution is -1.93. The van der Waals surface area contributed by atoms with Gasteiger partial charge in [-0.15, -0.1) is 0 Å². The van der Waals surface area contributed by atoms with Gasteiger partial charge in [0.2, 0.25) is 0 Å². The lowest BCUT2D eigenvalue weighted by atomic mass is 10.1. The van der Waals surface area contributed by atoms with Crippen molar-refractivity contribution in [3.63, 3.8) is 0 Å². The van der Waals surface area contributed by atoms with E-state index < -0.39 is 0 Å². The van der Waals surface area contributed by atoms with Crippen LogP contribution < -0.4 is 10.5 Å². The van der Waals surface area contributed by atoms with Crippen LogP contribution in [0.2, 0.25) is 0 Å². The first-order valence-electron chi connectivity index (χ1n) is 4.98. The average molecular weight is 202 g/mol. The molecule has 2 rings (SSSR count). The summed E-state index contributed by atoms with van der Waals surface area (Å²) in [4.78, 5) is 2.97. The third kappa shape index (κ3) is 1.81. The summed E-state index contributed by atoms with van der Waals surface area (Å²) in [5, 5.41) is 0. The number of nitrogen functional groups attached to an aromatic ring is 1. The van der Waals surface area contributed by atoms with Gasteiger partial charge >= 0.3 is 0 Å². The zero-order valence-electron chi connectivity index (χ0n) is 8.66. The Morgan fingerprint density at radius 1 is 1.27 bits per heavy atom. The largest absolute Gasteiger partial charge is 0.492 e. The number of hydrogen-bond donors (Lipinski definition) is 2. The molecule has 0 radical (unpaired) electrons. The molecule has 1 aromatic carbocycles. The van der Waals surface area contributed by atoms with E-state index in [1.165, 1.54) is 0 Å². The number of hydrogen-bond acceptors (Lipinski definition) is 2. The molecule has 0 fully saturated rings. The SMILES string of the molecule is CCOc1c[nH]c(N)c1-c1ccccc1. The molecule has 0 bridgehead atoms. The van der Waals surface area contributed by atoms with Crippen molar-refractivity contribution >= 4 is 5.82 Å². The van der Waals surface area contributed by atoms with Gasteiger partial charge in [-0.05, 0) is 12.5 Å². The Labute approximate surface area is 88.9 Å². The summed E-state index contributed by atoms with van der Waals surface area (Å²) in [5.41, 5.74) is 7.88. The summed E-state index contributed by atoms with van der Waals surface area (Å²) in [6.45, 7) is 2.59. The summed E-state index contributed by atoms with van der Waals surface area (Å²) in [6, 6.07) is 9.98. The Hall–Kier alpha value is -1.90. The van der Waals surface area contributed by atoms with E-state index in [9.17, 15) is 0 Å². The van der Waals surface area contributed by atoms with Crippen LogP contribution in [0.5, 0.6) is 5.75 Å². The normalized spacial score (nSPS) is 10.2. The molecule has 0 aliphatic heterocycles. The molecule has 0 atom stereocenters. The number of aromatic nitrogens is 1. The molecule has 0 saturated carbocycles. The van der Waals surface area contributed by atoms with E-state index in [1.54, 1.807) is 6.20 Å². The maximum Gasteiger partial charge on any atom is 0.146 e. The van der Waals surface area contributed by atoms with Crippen LogP contribution >= 0.6 is 0 Å². The molecule has 3 heteroatoms. The van der Waals surface area contributed by atoms with Gasteiger partial charge in [-0.2, -0.15) is 0 Å². The van der Waals surface area contributed by atoms with Gasteiger partial charge < -0.3 is 15.5 Å². The number of aromatic amines is 1. The Morgan fingerprint density at radius 2 is 2.00 bits per heavy atom. The van der Waals surface area contributed by atoms with Gasteiger partial charge in [-0.3, -0.25) is 0 Å². The minimum atomic E-state index is 0.636. The summed E-state index contributed by atoms with van der Waals surface area (Å²) >= 11 is 0. The van der Waals surface area contributed by atoms with E-state index in [0.717, 1.165) is 16.9 Å². The van der Waals surface area contributed by atoms with Crippen LogP contribution in [0.3, 0.4) is 0 Å². The molecule has 78 valence electrons. The zero-order valence-corrected chi connectivity index (χ0v) is 8.66. The fraction of sp³-hybridized carbons (Fsp3) is 0.167. The Kier molecular flexibility index (Phi) is 2.63. The second-order valence-corrected chi connectivity index (χ2v) is 3.24. The van der Waals surface area contributed by atoms with Crippen LogP contribution in [-0.4, -0.2) is 11.6 Å². The highest BCUT2D eigenvalue weighted by Gasteiger charge is 2.11. The molecule has 0 unspecified atom stereocenters. The first kappa shape index (κ1) is 9.65. The van der Waals surface area contributed by atoms with Gasteiger partial charge in [0, 0.05) is 6.20 Å². The van der Waals surface area contributed by atoms with Crippen molar-refractivity contribution in [2.45, 2.75) is 6.92 Å². The number of ether oxygens (including phenoxy) is 1. The number of rotatable bonds is 3. The third-order valence-corrected chi connectivity index (χ3v) is 2.24. The van der Waals surface area contributed by atoms with Gasteiger partial charge in [-0.1, -0.05) is 30.3 Å². The topological polar surface area (TPSA) is 51.0 Å². The molecular formula is C12H14N2O. The number of benzene rings is 1. The highest BCUT2D eigenvalue weighted by molar-refractivity contribution is 5.80. The zero-order chi connectivity index (χ0) is 10.7. The molecule has 0 amide bonds. The minimum Gasteiger partial charge on any atom is -0.492 e. The number of nitrogens with two attached hydrogens (primary N) is 1. The van der Waals surface area contributed by atoms with Gasteiger partial charge in [-0.25, -0.2) is 0 Å². The van der Waals surface area contributed by atoms with Crippen molar-refractivity contribution in [2.75, 3.05) is 12.3 Å². The molecule has 0 aliphatic rings. The molecule has 0 aliphatic carbocycles. The van der Waals surface area contributed by atoms with Crippen LogP contribution in [0.15, 0.2) is 36.5 Å². The Bertz CT molecular complexity index is 434. The van der Waals surface area contributed by atoms with E-state index in [0.29, 0.717) is 12.4 Å². The molecule has 0 spiro atoms. The monoisotopic (exact) mass is 202 g/mol. The van der Waals surface area contributed by atoms with Crippen LogP contribution in [0.1, 0.15) is 6.92 Å². The van der Waals surface area contributed by atoms with Gasteiger partial charge in [0.15, 0.2) is 0 Å². The van der Waals surface area contributed by atoms with Crippen molar-refractivity contribution < 1.29 is 4.74 Å². The predicted octanol–water partition coefficient (Wildman–Crippen LogP) is 2.66. The number of nitrogens with one attached hydrogen (secondary N) is 1. The van der Waals surface area contributed by atoms with Crippen molar-refractivity contribution in [1.82, 2.24) is 4.98 Å². The summed E-state index contributed by atoms with van der Waals surface area (Å²) in [7, 11) is 0. The summed E-state index contributed by atoms with van der Waals surface area (Å²) in [6.07, 6.45) is 1.79. The fourth-order valence-corrected chi connectivity index (χ4v) is 1.59. The van der Waals surface area contributed by atoms with Gasteiger partial charge in [0.25, 0.3) is 0 Å². The molecule has 1 heterocycles. The Balaban J connectivity index is 2.47. The second-order valence-electron chi connectivity index (χ2n) is 3.24. The van der Waals surface area contributed by atoms with E-state index in [2.05, 4.69) is 4.98 Å². The lowest BCUT2D eigenvalue weighted by molar-refractivity contribution is 0.342. The van der Waals surface area contributed by atoms with Crippen molar-refractivity contribution in [3.8, 4) is 16.9 Å². The molecule has 0 saturated heterocycles. The molecule has 2 aromatic rings. The molecule has 15 heavy (non-hydrogen) atoms. The molecule has 1 aromatic heterocycles. The first-order chi connectivity index (χ1) is 7.33. The minimum absolute atomic E-state index is 0.636. The highest BCUT2D eigenvalue weighted by atomic mass is 16.5. The van der Waals surface area contributed by atoms with Crippen LogP contribution in [0, 0.1) is 0 Å². The fourth-order valence-electron chi connectivity index (χ4n) is 1.59. The number of H-pyrrole nitrogens is 1. The van der Waals surface area contributed by atoms with E-state index >= 15 is 0 Å².